The van der Waals surface area contributed by atoms with Gasteiger partial charge in [0.15, 0.2) is 9.84 Å². The van der Waals surface area contributed by atoms with Gasteiger partial charge in [0.25, 0.3) is 0 Å². The maximum atomic E-state index is 11.3. The van der Waals surface area contributed by atoms with E-state index in [2.05, 4.69) is 0 Å². The fourth-order valence-corrected chi connectivity index (χ4v) is 3.56. The average molecular weight is 294 g/mol. The van der Waals surface area contributed by atoms with Crippen LogP contribution in [0.3, 0.4) is 0 Å². The smallest absolute Gasteiger partial charge is 0.153 e. The fraction of sp³-hybridized carbons (Fsp3) is 0.455. The number of halogens is 2. The highest BCUT2D eigenvalue weighted by molar-refractivity contribution is 7.91. The largest absolute Gasteiger partial charge is 0.369 e. The zero-order chi connectivity index (χ0) is 12.5. The van der Waals surface area contributed by atoms with Crippen LogP contribution in [0.25, 0.3) is 0 Å². The Morgan fingerprint density at radius 3 is 2.41 bits per heavy atom. The predicted molar refractivity (Wildman–Crippen MR) is 71.9 cm³/mol. The van der Waals surface area contributed by atoms with E-state index in [-0.39, 0.29) is 11.5 Å². The Kier molecular flexibility index (Phi) is 3.85. The van der Waals surface area contributed by atoms with E-state index in [0.29, 0.717) is 24.0 Å². The summed E-state index contributed by atoms with van der Waals surface area (Å²) < 4.78 is 22.6. The molecule has 0 saturated carbocycles. The molecule has 3 nitrogen and oxygen atoms in total. The van der Waals surface area contributed by atoms with Crippen LogP contribution >= 0.6 is 23.2 Å². The van der Waals surface area contributed by atoms with Crippen molar-refractivity contribution in [3.63, 3.8) is 0 Å². The molecule has 0 amide bonds. The number of sulfone groups is 1. The molecule has 0 unspecified atom stereocenters. The normalized spacial score (nSPS) is 19.3. The van der Waals surface area contributed by atoms with Crippen LogP contribution in [0, 0.1) is 0 Å². The van der Waals surface area contributed by atoms with Crippen LogP contribution in [-0.2, 0) is 15.7 Å². The predicted octanol–water partition coefficient (Wildman–Crippen LogP) is 2.31. The van der Waals surface area contributed by atoms with Crippen LogP contribution in [-0.4, -0.2) is 33.0 Å². The topological polar surface area (TPSA) is 37.4 Å². The lowest BCUT2D eigenvalue weighted by Gasteiger charge is -2.29. The van der Waals surface area contributed by atoms with E-state index in [1.54, 1.807) is 0 Å². The van der Waals surface area contributed by atoms with E-state index in [0.717, 1.165) is 11.3 Å². The highest BCUT2D eigenvalue weighted by Gasteiger charge is 2.21. The molecule has 0 bridgehead atoms. The molecule has 1 saturated heterocycles. The van der Waals surface area contributed by atoms with Crippen molar-refractivity contribution < 1.29 is 8.42 Å². The molecule has 0 N–H and O–H groups in total. The van der Waals surface area contributed by atoms with Crippen molar-refractivity contribution in [3.05, 3.63) is 28.8 Å². The van der Waals surface area contributed by atoms with E-state index >= 15 is 0 Å². The minimum Gasteiger partial charge on any atom is -0.369 e. The number of benzene rings is 1. The van der Waals surface area contributed by atoms with Gasteiger partial charge in [-0.15, -0.1) is 11.6 Å². The van der Waals surface area contributed by atoms with Gasteiger partial charge in [0.2, 0.25) is 0 Å². The third kappa shape index (κ3) is 3.06. The van der Waals surface area contributed by atoms with Crippen LogP contribution in [0.2, 0.25) is 5.02 Å². The van der Waals surface area contributed by atoms with Gasteiger partial charge in [-0.05, 0) is 17.7 Å². The van der Waals surface area contributed by atoms with Crippen molar-refractivity contribution >= 4 is 38.7 Å². The van der Waals surface area contributed by atoms with Gasteiger partial charge in [-0.25, -0.2) is 8.42 Å². The SMILES string of the molecule is O=S1(=O)CCN(c2ccc(CCl)c(Cl)c2)CC1. The van der Waals surface area contributed by atoms with Crippen molar-refractivity contribution in [1.29, 1.82) is 0 Å². The molecule has 0 aliphatic carbocycles. The maximum absolute atomic E-state index is 11.3. The molecule has 0 radical (unpaired) electrons. The number of nitrogens with zero attached hydrogens (tertiary/aromatic N) is 1. The van der Waals surface area contributed by atoms with E-state index in [9.17, 15) is 8.42 Å². The van der Waals surface area contributed by atoms with Crippen molar-refractivity contribution in [2.45, 2.75) is 5.88 Å². The molecular weight excluding hydrogens is 281 g/mol. The van der Waals surface area contributed by atoms with Crippen LogP contribution < -0.4 is 4.90 Å². The Balaban J connectivity index is 2.16. The number of rotatable bonds is 2. The Bertz CT molecular complexity index is 502. The molecule has 17 heavy (non-hydrogen) atoms. The lowest BCUT2D eigenvalue weighted by atomic mass is 10.2. The molecule has 0 atom stereocenters. The summed E-state index contributed by atoms with van der Waals surface area (Å²) in [5.74, 6) is 0.803. The zero-order valence-corrected chi connectivity index (χ0v) is 11.5. The number of hydrogen-bond acceptors (Lipinski definition) is 3. The summed E-state index contributed by atoms with van der Waals surface area (Å²) in [4.78, 5) is 2.03. The lowest BCUT2D eigenvalue weighted by molar-refractivity contribution is 0.587. The van der Waals surface area contributed by atoms with Crippen molar-refractivity contribution in [1.82, 2.24) is 0 Å². The summed E-state index contributed by atoms with van der Waals surface area (Å²) in [6.07, 6.45) is 0. The number of anilines is 1. The van der Waals surface area contributed by atoms with Gasteiger partial charge in [0.05, 0.1) is 11.5 Å². The molecule has 0 aromatic heterocycles. The van der Waals surface area contributed by atoms with E-state index in [1.165, 1.54) is 0 Å². The van der Waals surface area contributed by atoms with Crippen molar-refractivity contribution in [3.8, 4) is 0 Å². The van der Waals surface area contributed by atoms with Gasteiger partial charge in [-0.3, -0.25) is 0 Å². The Hall–Kier alpha value is -0.450. The molecule has 1 aromatic rings. The summed E-state index contributed by atoms with van der Waals surface area (Å²) in [5, 5.41) is 0.630. The second-order valence-corrected chi connectivity index (χ2v) is 7.03. The molecule has 0 spiro atoms. The molecule has 1 aromatic carbocycles. The molecule has 1 aliphatic rings. The number of hydrogen-bond donors (Lipinski definition) is 0. The first-order valence-electron chi connectivity index (χ1n) is 5.31. The first-order valence-corrected chi connectivity index (χ1v) is 8.05. The minimum absolute atomic E-state index is 0.210. The highest BCUT2D eigenvalue weighted by Crippen LogP contribution is 2.25. The van der Waals surface area contributed by atoms with Gasteiger partial charge in [0.1, 0.15) is 0 Å². The maximum Gasteiger partial charge on any atom is 0.153 e. The van der Waals surface area contributed by atoms with Crippen LogP contribution in [0.1, 0.15) is 5.56 Å². The lowest BCUT2D eigenvalue weighted by Crippen LogP contribution is -2.40. The minimum atomic E-state index is -2.84. The monoisotopic (exact) mass is 293 g/mol. The molecule has 94 valence electrons. The van der Waals surface area contributed by atoms with Crippen molar-refractivity contribution in [2.75, 3.05) is 29.5 Å². The number of alkyl halides is 1. The highest BCUT2D eigenvalue weighted by atomic mass is 35.5. The van der Waals surface area contributed by atoms with Crippen molar-refractivity contribution in [2.24, 2.45) is 0 Å². The average Bonchev–Trinajstić information content (AvgIpc) is 2.29. The standard InChI is InChI=1S/C11H13Cl2NO2S/c12-8-9-1-2-10(7-11(9)13)14-3-5-17(15,16)6-4-14/h1-2,7H,3-6,8H2. The Labute approximate surface area is 111 Å². The molecule has 2 rings (SSSR count). The van der Waals surface area contributed by atoms with Gasteiger partial charge in [-0.2, -0.15) is 0 Å². The van der Waals surface area contributed by atoms with Gasteiger partial charge in [-0.1, -0.05) is 17.7 Å². The van der Waals surface area contributed by atoms with E-state index in [1.807, 2.05) is 23.1 Å². The third-order valence-electron chi connectivity index (χ3n) is 2.89. The van der Waals surface area contributed by atoms with Gasteiger partial charge in [0, 0.05) is 29.7 Å². The molecule has 1 heterocycles. The molecular formula is C11H13Cl2NO2S. The third-order valence-corrected chi connectivity index (χ3v) is 5.14. The summed E-state index contributed by atoms with van der Waals surface area (Å²) in [6.45, 7) is 1.05. The molecule has 6 heteroatoms. The Morgan fingerprint density at radius 1 is 1.24 bits per heavy atom. The summed E-state index contributed by atoms with van der Waals surface area (Å²) in [6, 6.07) is 5.66. The second-order valence-electron chi connectivity index (χ2n) is 4.05. The summed E-state index contributed by atoms with van der Waals surface area (Å²) in [7, 11) is -2.84. The fourth-order valence-electron chi connectivity index (χ4n) is 1.81. The second kappa shape index (κ2) is 5.04. The first-order chi connectivity index (χ1) is 8.02. The summed E-state index contributed by atoms with van der Waals surface area (Å²) >= 11 is 11.8. The van der Waals surface area contributed by atoms with E-state index < -0.39 is 9.84 Å². The van der Waals surface area contributed by atoms with E-state index in [4.69, 9.17) is 23.2 Å². The zero-order valence-electron chi connectivity index (χ0n) is 9.20. The van der Waals surface area contributed by atoms with Gasteiger partial charge < -0.3 is 4.90 Å². The van der Waals surface area contributed by atoms with Crippen LogP contribution in [0.4, 0.5) is 5.69 Å². The van der Waals surface area contributed by atoms with Gasteiger partial charge >= 0.3 is 0 Å². The van der Waals surface area contributed by atoms with Crippen LogP contribution in [0.5, 0.6) is 0 Å². The molecule has 1 fully saturated rings. The Morgan fingerprint density at radius 2 is 1.88 bits per heavy atom. The summed E-state index contributed by atoms with van der Waals surface area (Å²) in [5.41, 5.74) is 1.85. The quantitative estimate of drug-likeness (QED) is 0.786. The van der Waals surface area contributed by atoms with Crippen LogP contribution in [0.15, 0.2) is 18.2 Å². The molecule has 1 aliphatic heterocycles. The first kappa shape index (κ1) is 13.0.